The number of rotatable bonds is 10. The summed E-state index contributed by atoms with van der Waals surface area (Å²) in [6, 6.07) is 1.15. The molecule has 1 fully saturated rings. The van der Waals surface area contributed by atoms with Crippen LogP contribution in [-0.2, 0) is 11.3 Å². The first-order valence-corrected chi connectivity index (χ1v) is 7.11. The van der Waals surface area contributed by atoms with Crippen LogP contribution in [0, 0.1) is 5.92 Å². The molecule has 0 aromatic carbocycles. The second-order valence-corrected chi connectivity index (χ2v) is 5.41. The Hall–Kier alpha value is -1.14. The Morgan fingerprint density at radius 1 is 1.37 bits per heavy atom. The molecule has 1 aliphatic carbocycles. The highest BCUT2D eigenvalue weighted by Crippen LogP contribution is 2.19. The van der Waals surface area contributed by atoms with Gasteiger partial charge in [0, 0.05) is 25.8 Å². The zero-order valence-corrected chi connectivity index (χ0v) is 11.8. The maximum absolute atomic E-state index is 5.49. The molecule has 1 aliphatic rings. The number of anilines is 1. The molecule has 0 amide bonds. The SMILES string of the molecule is CC(C)COCCCNc1nnc(CNC2CC2)o1. The third kappa shape index (κ3) is 6.02. The molecule has 0 aliphatic heterocycles. The van der Waals surface area contributed by atoms with E-state index in [1.165, 1.54) is 12.8 Å². The molecular weight excluding hydrogens is 244 g/mol. The Morgan fingerprint density at radius 2 is 2.21 bits per heavy atom. The Morgan fingerprint density at radius 3 is 2.95 bits per heavy atom. The summed E-state index contributed by atoms with van der Waals surface area (Å²) >= 11 is 0. The fourth-order valence-electron chi connectivity index (χ4n) is 1.60. The number of hydrogen-bond donors (Lipinski definition) is 2. The van der Waals surface area contributed by atoms with Crippen LogP contribution < -0.4 is 10.6 Å². The molecule has 19 heavy (non-hydrogen) atoms. The summed E-state index contributed by atoms with van der Waals surface area (Å²) in [6.07, 6.45) is 3.45. The van der Waals surface area contributed by atoms with E-state index in [-0.39, 0.29) is 0 Å². The lowest BCUT2D eigenvalue weighted by Gasteiger charge is -2.06. The zero-order valence-electron chi connectivity index (χ0n) is 11.8. The fourth-order valence-corrected chi connectivity index (χ4v) is 1.60. The standard InChI is InChI=1S/C13H24N4O2/c1-10(2)9-18-7-3-6-14-13-17-16-12(19-13)8-15-11-4-5-11/h10-11,15H,3-9H2,1-2H3,(H,14,17). The number of hydrogen-bond acceptors (Lipinski definition) is 6. The minimum absolute atomic E-state index is 0.497. The summed E-state index contributed by atoms with van der Waals surface area (Å²) in [5.74, 6) is 1.23. The zero-order chi connectivity index (χ0) is 13.5. The molecule has 0 unspecified atom stereocenters. The van der Waals surface area contributed by atoms with Gasteiger partial charge >= 0.3 is 6.01 Å². The molecule has 2 rings (SSSR count). The molecule has 0 saturated heterocycles. The van der Waals surface area contributed by atoms with Crippen LogP contribution in [-0.4, -0.2) is 36.0 Å². The van der Waals surface area contributed by atoms with E-state index in [0.29, 0.717) is 30.4 Å². The molecule has 1 heterocycles. The molecule has 1 aromatic heterocycles. The van der Waals surface area contributed by atoms with Crippen LogP contribution in [0.3, 0.4) is 0 Å². The van der Waals surface area contributed by atoms with Crippen molar-refractivity contribution in [1.29, 1.82) is 0 Å². The van der Waals surface area contributed by atoms with E-state index in [4.69, 9.17) is 9.15 Å². The van der Waals surface area contributed by atoms with Crippen LogP contribution in [0.5, 0.6) is 0 Å². The van der Waals surface area contributed by atoms with E-state index in [9.17, 15) is 0 Å². The summed E-state index contributed by atoms with van der Waals surface area (Å²) in [4.78, 5) is 0. The average Bonchev–Trinajstić information content (AvgIpc) is 3.10. The molecule has 0 atom stereocenters. The molecule has 0 radical (unpaired) electrons. The first-order valence-electron chi connectivity index (χ1n) is 7.11. The highest BCUT2D eigenvalue weighted by atomic mass is 16.5. The van der Waals surface area contributed by atoms with Crippen molar-refractivity contribution in [2.75, 3.05) is 25.1 Å². The van der Waals surface area contributed by atoms with Crippen molar-refractivity contribution < 1.29 is 9.15 Å². The highest BCUT2D eigenvalue weighted by Gasteiger charge is 2.21. The van der Waals surface area contributed by atoms with E-state index in [2.05, 4.69) is 34.7 Å². The molecule has 108 valence electrons. The smallest absolute Gasteiger partial charge is 0.315 e. The summed E-state index contributed by atoms with van der Waals surface area (Å²) in [5, 5.41) is 14.4. The van der Waals surface area contributed by atoms with Gasteiger partial charge < -0.3 is 19.8 Å². The summed E-state index contributed by atoms with van der Waals surface area (Å²) in [7, 11) is 0. The van der Waals surface area contributed by atoms with Crippen LogP contribution in [0.2, 0.25) is 0 Å². The number of ether oxygens (including phenoxy) is 1. The predicted molar refractivity (Wildman–Crippen MR) is 72.9 cm³/mol. The van der Waals surface area contributed by atoms with Crippen LogP contribution in [0.1, 0.15) is 39.0 Å². The maximum Gasteiger partial charge on any atom is 0.315 e. The lowest BCUT2D eigenvalue weighted by atomic mass is 10.2. The second-order valence-electron chi connectivity index (χ2n) is 5.41. The summed E-state index contributed by atoms with van der Waals surface area (Å²) < 4.78 is 11.0. The van der Waals surface area contributed by atoms with Crippen LogP contribution in [0.25, 0.3) is 0 Å². The van der Waals surface area contributed by atoms with E-state index < -0.39 is 0 Å². The van der Waals surface area contributed by atoms with Gasteiger partial charge in [0.25, 0.3) is 0 Å². The van der Waals surface area contributed by atoms with Crippen LogP contribution in [0.15, 0.2) is 4.42 Å². The van der Waals surface area contributed by atoms with E-state index >= 15 is 0 Å². The Labute approximate surface area is 114 Å². The normalized spacial score (nSPS) is 15.1. The minimum Gasteiger partial charge on any atom is -0.407 e. The average molecular weight is 268 g/mol. The number of aromatic nitrogens is 2. The first-order chi connectivity index (χ1) is 9.24. The monoisotopic (exact) mass is 268 g/mol. The maximum atomic E-state index is 5.49. The first kappa shape index (κ1) is 14.3. The quantitative estimate of drug-likeness (QED) is 0.630. The van der Waals surface area contributed by atoms with Gasteiger partial charge in [0.2, 0.25) is 5.89 Å². The van der Waals surface area contributed by atoms with Crippen LogP contribution in [0.4, 0.5) is 6.01 Å². The van der Waals surface area contributed by atoms with Gasteiger partial charge in [0.15, 0.2) is 0 Å². The van der Waals surface area contributed by atoms with Crippen molar-refractivity contribution in [1.82, 2.24) is 15.5 Å². The second kappa shape index (κ2) is 7.45. The summed E-state index contributed by atoms with van der Waals surface area (Å²) in [5.41, 5.74) is 0. The molecular formula is C13H24N4O2. The van der Waals surface area contributed by atoms with Crippen LogP contribution >= 0.6 is 0 Å². The molecule has 6 nitrogen and oxygen atoms in total. The molecule has 1 aromatic rings. The third-order valence-electron chi connectivity index (χ3n) is 2.78. The van der Waals surface area contributed by atoms with Gasteiger partial charge in [-0.05, 0) is 25.2 Å². The Bertz CT molecular complexity index is 363. The van der Waals surface area contributed by atoms with Gasteiger partial charge in [-0.3, -0.25) is 0 Å². The largest absolute Gasteiger partial charge is 0.407 e. The Kier molecular flexibility index (Phi) is 5.60. The van der Waals surface area contributed by atoms with Gasteiger partial charge in [0.05, 0.1) is 6.54 Å². The molecule has 1 saturated carbocycles. The van der Waals surface area contributed by atoms with E-state index in [1.807, 2.05) is 0 Å². The van der Waals surface area contributed by atoms with E-state index in [1.54, 1.807) is 0 Å². The van der Waals surface area contributed by atoms with Crippen molar-refractivity contribution in [3.63, 3.8) is 0 Å². The van der Waals surface area contributed by atoms with Gasteiger partial charge in [-0.15, -0.1) is 5.10 Å². The topological polar surface area (TPSA) is 72.2 Å². The molecule has 0 spiro atoms. The number of nitrogens with zero attached hydrogens (tertiary/aromatic N) is 2. The van der Waals surface area contributed by atoms with Gasteiger partial charge in [-0.25, -0.2) is 0 Å². The summed E-state index contributed by atoms with van der Waals surface area (Å²) in [6.45, 7) is 7.32. The fraction of sp³-hybridized carbons (Fsp3) is 0.846. The van der Waals surface area contributed by atoms with Crippen molar-refractivity contribution in [3.8, 4) is 0 Å². The van der Waals surface area contributed by atoms with Gasteiger partial charge in [0.1, 0.15) is 0 Å². The lowest BCUT2D eigenvalue weighted by Crippen LogP contribution is -2.15. The molecule has 2 N–H and O–H groups in total. The van der Waals surface area contributed by atoms with Gasteiger partial charge in [-0.1, -0.05) is 18.9 Å². The third-order valence-corrected chi connectivity index (χ3v) is 2.78. The minimum atomic E-state index is 0.497. The highest BCUT2D eigenvalue weighted by molar-refractivity contribution is 5.16. The molecule has 0 bridgehead atoms. The van der Waals surface area contributed by atoms with Crippen molar-refractivity contribution >= 4 is 6.01 Å². The molecule has 6 heteroatoms. The van der Waals surface area contributed by atoms with E-state index in [0.717, 1.165) is 26.2 Å². The lowest BCUT2D eigenvalue weighted by molar-refractivity contribution is 0.109. The van der Waals surface area contributed by atoms with Crippen molar-refractivity contribution in [2.45, 2.75) is 45.7 Å². The predicted octanol–water partition coefficient (Wildman–Crippen LogP) is 1.80. The Balaban J connectivity index is 1.52. The van der Waals surface area contributed by atoms with Crippen molar-refractivity contribution in [2.24, 2.45) is 5.92 Å². The van der Waals surface area contributed by atoms with Crippen molar-refractivity contribution in [3.05, 3.63) is 5.89 Å². The van der Waals surface area contributed by atoms with Gasteiger partial charge in [-0.2, -0.15) is 0 Å². The number of nitrogens with one attached hydrogen (secondary N) is 2.